The summed E-state index contributed by atoms with van der Waals surface area (Å²) in [7, 11) is 0. The largest absolute Gasteiger partial charge is 0.396 e. The molecule has 8 heavy (non-hydrogen) atoms. The van der Waals surface area contributed by atoms with Crippen molar-refractivity contribution in [1.29, 1.82) is 0 Å². The van der Waals surface area contributed by atoms with E-state index in [0.717, 1.165) is 6.42 Å². The number of rotatable bonds is 3. The molecule has 0 heterocycles. The van der Waals surface area contributed by atoms with Gasteiger partial charge in [0.25, 0.3) is 0 Å². The zero-order chi connectivity index (χ0) is 6.62. The monoisotopic (exact) mass is 117 g/mol. The number of aliphatic hydroxyl groups excluding tert-OH is 1. The van der Waals surface area contributed by atoms with Gasteiger partial charge in [-0.05, 0) is 19.8 Å². The maximum Gasteiger partial charge on any atom is 0.0448 e. The van der Waals surface area contributed by atoms with Crippen LogP contribution in [0, 0.1) is 0 Å². The van der Waals surface area contributed by atoms with Crippen molar-refractivity contribution in [1.82, 2.24) is 0 Å². The molecule has 1 unspecified atom stereocenters. The first kappa shape index (κ1) is 7.92. The van der Waals surface area contributed by atoms with Crippen molar-refractivity contribution >= 4 is 0 Å². The molecule has 0 aliphatic rings. The quantitative estimate of drug-likeness (QED) is 0.565. The Morgan fingerprint density at radius 2 is 2.12 bits per heavy atom. The van der Waals surface area contributed by atoms with E-state index in [0.29, 0.717) is 6.42 Å². The zero-order valence-electron chi connectivity index (χ0n) is 5.65. The van der Waals surface area contributed by atoms with Gasteiger partial charge < -0.3 is 10.8 Å². The second-order valence-electron chi connectivity index (χ2n) is 2.48. The Morgan fingerprint density at radius 1 is 1.62 bits per heavy atom. The van der Waals surface area contributed by atoms with E-state index in [1.807, 2.05) is 13.8 Å². The first-order valence-electron chi connectivity index (χ1n) is 3.02. The SMILES string of the molecule is CCC(C)(N)CCO. The predicted octanol–water partition coefficient (Wildman–Crippen LogP) is 0.496. The summed E-state index contributed by atoms with van der Waals surface area (Å²) < 4.78 is 0. The number of nitrogens with two attached hydrogens (primary N) is 1. The summed E-state index contributed by atoms with van der Waals surface area (Å²) in [6.45, 7) is 4.17. The third-order valence-corrected chi connectivity index (χ3v) is 1.49. The smallest absolute Gasteiger partial charge is 0.0448 e. The van der Waals surface area contributed by atoms with E-state index < -0.39 is 0 Å². The van der Waals surface area contributed by atoms with Crippen molar-refractivity contribution < 1.29 is 5.11 Å². The van der Waals surface area contributed by atoms with Crippen LogP contribution in [-0.4, -0.2) is 17.3 Å². The fourth-order valence-corrected chi connectivity index (χ4v) is 0.432. The Labute approximate surface area is 50.7 Å². The van der Waals surface area contributed by atoms with Gasteiger partial charge in [0, 0.05) is 12.1 Å². The fourth-order valence-electron chi connectivity index (χ4n) is 0.432. The third kappa shape index (κ3) is 2.99. The molecule has 0 aromatic carbocycles. The Bertz CT molecular complexity index is 61.5. The Morgan fingerprint density at radius 3 is 2.25 bits per heavy atom. The summed E-state index contributed by atoms with van der Waals surface area (Å²) >= 11 is 0. The maximum atomic E-state index is 8.45. The normalized spacial score (nSPS) is 18.0. The fraction of sp³-hybridized carbons (Fsp3) is 1.00. The molecule has 0 rings (SSSR count). The van der Waals surface area contributed by atoms with Crippen LogP contribution in [0.3, 0.4) is 0 Å². The molecule has 0 aromatic rings. The van der Waals surface area contributed by atoms with Crippen LogP contribution in [0.1, 0.15) is 26.7 Å². The molecule has 0 aliphatic heterocycles. The maximum absolute atomic E-state index is 8.45. The minimum atomic E-state index is -0.158. The number of aliphatic hydroxyl groups is 1. The van der Waals surface area contributed by atoms with Crippen molar-refractivity contribution in [2.75, 3.05) is 6.61 Å². The highest BCUT2D eigenvalue weighted by atomic mass is 16.3. The van der Waals surface area contributed by atoms with Crippen LogP contribution in [0.15, 0.2) is 0 Å². The molecule has 0 amide bonds. The lowest BCUT2D eigenvalue weighted by Crippen LogP contribution is -2.35. The van der Waals surface area contributed by atoms with E-state index >= 15 is 0 Å². The molecule has 50 valence electrons. The molecule has 3 N–H and O–H groups in total. The Balaban J connectivity index is 3.37. The Kier molecular flexibility index (Phi) is 3.02. The lowest BCUT2D eigenvalue weighted by molar-refractivity contribution is 0.243. The molecule has 0 radical (unpaired) electrons. The van der Waals surface area contributed by atoms with Gasteiger partial charge in [-0.3, -0.25) is 0 Å². The van der Waals surface area contributed by atoms with E-state index in [1.165, 1.54) is 0 Å². The Hall–Kier alpha value is -0.0800. The van der Waals surface area contributed by atoms with E-state index in [2.05, 4.69) is 0 Å². The molecule has 0 bridgehead atoms. The van der Waals surface area contributed by atoms with Gasteiger partial charge in [0.15, 0.2) is 0 Å². The first-order chi connectivity index (χ1) is 3.62. The van der Waals surface area contributed by atoms with Gasteiger partial charge in [-0.1, -0.05) is 6.92 Å². The standard InChI is InChI=1S/C6H15NO/c1-3-6(2,7)4-5-8/h8H,3-5,7H2,1-2H3. The molecule has 0 aromatic heterocycles. The van der Waals surface area contributed by atoms with Gasteiger partial charge in [0.1, 0.15) is 0 Å². The van der Waals surface area contributed by atoms with Gasteiger partial charge in [-0.2, -0.15) is 0 Å². The first-order valence-corrected chi connectivity index (χ1v) is 3.02. The summed E-state index contributed by atoms with van der Waals surface area (Å²) in [5, 5.41) is 8.45. The summed E-state index contributed by atoms with van der Waals surface area (Å²) in [5.41, 5.74) is 5.51. The summed E-state index contributed by atoms with van der Waals surface area (Å²) in [6, 6.07) is 0. The molecule has 0 fully saturated rings. The van der Waals surface area contributed by atoms with Crippen LogP contribution in [0.5, 0.6) is 0 Å². The zero-order valence-corrected chi connectivity index (χ0v) is 5.65. The third-order valence-electron chi connectivity index (χ3n) is 1.49. The molecule has 0 saturated heterocycles. The van der Waals surface area contributed by atoms with Gasteiger partial charge >= 0.3 is 0 Å². The molecule has 0 aliphatic carbocycles. The lowest BCUT2D eigenvalue weighted by atomic mass is 9.97. The van der Waals surface area contributed by atoms with Gasteiger partial charge in [-0.15, -0.1) is 0 Å². The van der Waals surface area contributed by atoms with Crippen LogP contribution in [0.2, 0.25) is 0 Å². The number of hydrogen-bond acceptors (Lipinski definition) is 2. The van der Waals surface area contributed by atoms with Crippen molar-refractivity contribution in [3.63, 3.8) is 0 Å². The molecule has 2 heteroatoms. The molecule has 2 nitrogen and oxygen atoms in total. The van der Waals surface area contributed by atoms with Crippen LogP contribution >= 0.6 is 0 Å². The molecule has 1 atom stereocenters. The van der Waals surface area contributed by atoms with Crippen molar-refractivity contribution in [3.05, 3.63) is 0 Å². The highest BCUT2D eigenvalue weighted by molar-refractivity contribution is 4.74. The van der Waals surface area contributed by atoms with Crippen LogP contribution in [0.25, 0.3) is 0 Å². The highest BCUT2D eigenvalue weighted by Gasteiger charge is 2.12. The second-order valence-corrected chi connectivity index (χ2v) is 2.48. The van der Waals surface area contributed by atoms with Crippen LogP contribution in [0.4, 0.5) is 0 Å². The molecular weight excluding hydrogens is 102 g/mol. The van der Waals surface area contributed by atoms with Gasteiger partial charge in [-0.25, -0.2) is 0 Å². The molecular formula is C6H15NO. The number of hydrogen-bond donors (Lipinski definition) is 2. The van der Waals surface area contributed by atoms with E-state index in [4.69, 9.17) is 10.8 Å². The van der Waals surface area contributed by atoms with E-state index in [1.54, 1.807) is 0 Å². The van der Waals surface area contributed by atoms with Gasteiger partial charge in [0.2, 0.25) is 0 Å². The highest BCUT2D eigenvalue weighted by Crippen LogP contribution is 2.07. The van der Waals surface area contributed by atoms with Crippen LogP contribution < -0.4 is 5.73 Å². The lowest BCUT2D eigenvalue weighted by Gasteiger charge is -2.20. The molecule has 0 spiro atoms. The van der Waals surface area contributed by atoms with Crippen molar-refractivity contribution in [2.45, 2.75) is 32.2 Å². The van der Waals surface area contributed by atoms with E-state index in [-0.39, 0.29) is 12.1 Å². The van der Waals surface area contributed by atoms with E-state index in [9.17, 15) is 0 Å². The van der Waals surface area contributed by atoms with Gasteiger partial charge in [0.05, 0.1) is 0 Å². The van der Waals surface area contributed by atoms with Crippen molar-refractivity contribution in [2.24, 2.45) is 5.73 Å². The topological polar surface area (TPSA) is 46.2 Å². The summed E-state index contributed by atoms with van der Waals surface area (Å²) in [5.74, 6) is 0. The minimum absolute atomic E-state index is 0.158. The summed E-state index contributed by atoms with van der Waals surface area (Å²) in [4.78, 5) is 0. The van der Waals surface area contributed by atoms with Crippen LogP contribution in [-0.2, 0) is 0 Å². The average molecular weight is 117 g/mol. The average Bonchev–Trinajstić information content (AvgIpc) is 1.67. The van der Waals surface area contributed by atoms with Crippen molar-refractivity contribution in [3.8, 4) is 0 Å². The molecule has 0 saturated carbocycles. The summed E-state index contributed by atoms with van der Waals surface area (Å²) in [6.07, 6.45) is 1.62. The minimum Gasteiger partial charge on any atom is -0.396 e. The predicted molar refractivity (Wildman–Crippen MR) is 34.6 cm³/mol. The second kappa shape index (κ2) is 3.05.